The Bertz CT molecular complexity index is 615. The molecule has 2 aromatic carbocycles. The Morgan fingerprint density at radius 2 is 2.00 bits per heavy atom. The van der Waals surface area contributed by atoms with Gasteiger partial charge in [-0.1, -0.05) is 18.2 Å². The van der Waals surface area contributed by atoms with Crippen molar-refractivity contribution < 1.29 is 9.13 Å². The minimum absolute atomic E-state index is 0.128. The van der Waals surface area contributed by atoms with Crippen LogP contribution in [0.4, 0.5) is 4.39 Å². The summed E-state index contributed by atoms with van der Waals surface area (Å²) in [6, 6.07) is 10.8. The third-order valence-corrected chi connectivity index (χ3v) is 3.89. The fourth-order valence-corrected chi connectivity index (χ4v) is 2.60. The maximum Gasteiger partial charge on any atom is 0.137 e. The number of rotatable bonds is 4. The molecule has 2 nitrogen and oxygen atoms in total. The Morgan fingerprint density at radius 3 is 2.60 bits per heavy atom. The van der Waals surface area contributed by atoms with E-state index < -0.39 is 0 Å². The summed E-state index contributed by atoms with van der Waals surface area (Å²) in [5.74, 6) is 0.591. The molecule has 0 bridgehead atoms. The molecular weight excluding hydrogens is 321 g/mol. The molecule has 1 atom stereocenters. The maximum absolute atomic E-state index is 13.2. The highest BCUT2D eigenvalue weighted by Gasteiger charge is 2.10. The molecule has 106 valence electrons. The van der Waals surface area contributed by atoms with Gasteiger partial charge in [-0.15, -0.1) is 0 Å². The van der Waals surface area contributed by atoms with Gasteiger partial charge in [-0.25, -0.2) is 4.39 Å². The maximum atomic E-state index is 13.2. The first kappa shape index (κ1) is 15.0. The second-order valence-electron chi connectivity index (χ2n) is 4.79. The van der Waals surface area contributed by atoms with Crippen molar-refractivity contribution in [3.8, 4) is 5.75 Å². The van der Waals surface area contributed by atoms with E-state index in [-0.39, 0.29) is 11.9 Å². The normalized spacial score (nSPS) is 12.2. The van der Waals surface area contributed by atoms with E-state index in [4.69, 9.17) is 10.5 Å². The molecule has 2 aromatic rings. The van der Waals surface area contributed by atoms with Crippen LogP contribution in [0.2, 0.25) is 0 Å². The predicted octanol–water partition coefficient (Wildman–Crippen LogP) is 4.15. The predicted molar refractivity (Wildman–Crippen MR) is 82.5 cm³/mol. The Labute approximate surface area is 126 Å². The zero-order chi connectivity index (χ0) is 14.7. The summed E-state index contributed by atoms with van der Waals surface area (Å²) in [6.45, 7) is 1.99. The average molecular weight is 338 g/mol. The van der Waals surface area contributed by atoms with Crippen molar-refractivity contribution in [2.75, 3.05) is 7.11 Å². The molecule has 0 aliphatic rings. The topological polar surface area (TPSA) is 35.2 Å². The first-order chi connectivity index (χ1) is 9.51. The lowest BCUT2D eigenvalue weighted by molar-refractivity contribution is 0.411. The van der Waals surface area contributed by atoms with Gasteiger partial charge in [0.05, 0.1) is 11.6 Å². The van der Waals surface area contributed by atoms with Gasteiger partial charge in [0.1, 0.15) is 11.6 Å². The molecule has 0 saturated carbocycles. The highest BCUT2D eigenvalue weighted by Crippen LogP contribution is 2.25. The van der Waals surface area contributed by atoms with Gasteiger partial charge in [0.2, 0.25) is 0 Å². The van der Waals surface area contributed by atoms with Gasteiger partial charge in [-0.2, -0.15) is 0 Å². The van der Waals surface area contributed by atoms with Crippen molar-refractivity contribution in [2.24, 2.45) is 5.73 Å². The molecule has 0 aromatic heterocycles. The van der Waals surface area contributed by atoms with Crippen molar-refractivity contribution in [3.63, 3.8) is 0 Å². The van der Waals surface area contributed by atoms with Crippen LogP contribution in [0.5, 0.6) is 5.75 Å². The number of aryl methyl sites for hydroxylation is 1. The monoisotopic (exact) mass is 337 g/mol. The number of hydrogen-bond donors (Lipinski definition) is 1. The fourth-order valence-electron chi connectivity index (χ4n) is 2.17. The summed E-state index contributed by atoms with van der Waals surface area (Å²) in [6.07, 6.45) is 0.657. The summed E-state index contributed by atoms with van der Waals surface area (Å²) in [5, 5.41) is 0. The second-order valence-corrected chi connectivity index (χ2v) is 5.64. The third-order valence-electron chi connectivity index (χ3n) is 3.29. The van der Waals surface area contributed by atoms with Crippen LogP contribution in [0.1, 0.15) is 22.7 Å². The van der Waals surface area contributed by atoms with Crippen molar-refractivity contribution >= 4 is 15.9 Å². The summed E-state index contributed by atoms with van der Waals surface area (Å²) < 4.78 is 18.9. The second kappa shape index (κ2) is 6.37. The molecule has 2 rings (SSSR count). The van der Waals surface area contributed by atoms with Crippen LogP contribution in [0.15, 0.2) is 40.9 Å². The minimum Gasteiger partial charge on any atom is -0.496 e. The zero-order valence-electron chi connectivity index (χ0n) is 11.5. The Balaban J connectivity index is 2.17. The molecule has 0 heterocycles. The van der Waals surface area contributed by atoms with Gasteiger partial charge < -0.3 is 10.5 Å². The highest BCUT2D eigenvalue weighted by molar-refractivity contribution is 9.10. The number of benzene rings is 2. The van der Waals surface area contributed by atoms with E-state index >= 15 is 0 Å². The van der Waals surface area contributed by atoms with Crippen LogP contribution >= 0.6 is 15.9 Å². The van der Waals surface area contributed by atoms with Gasteiger partial charge in [0, 0.05) is 6.04 Å². The SMILES string of the molecule is COc1ccc(C(N)Cc2ccc(F)c(Br)c2)cc1C. The van der Waals surface area contributed by atoms with Crippen molar-refractivity contribution in [1.82, 2.24) is 0 Å². The number of ether oxygens (including phenoxy) is 1. The first-order valence-corrected chi connectivity index (χ1v) is 7.14. The Kier molecular flexibility index (Phi) is 4.78. The van der Waals surface area contributed by atoms with Gasteiger partial charge >= 0.3 is 0 Å². The average Bonchev–Trinajstić information content (AvgIpc) is 2.42. The molecule has 0 aliphatic carbocycles. The molecule has 0 saturated heterocycles. The van der Waals surface area contributed by atoms with Gasteiger partial charge in [0.25, 0.3) is 0 Å². The van der Waals surface area contributed by atoms with Crippen LogP contribution in [0.25, 0.3) is 0 Å². The van der Waals surface area contributed by atoms with E-state index in [2.05, 4.69) is 15.9 Å². The lowest BCUT2D eigenvalue weighted by Gasteiger charge is -2.14. The number of nitrogens with two attached hydrogens (primary N) is 1. The molecule has 0 fully saturated rings. The largest absolute Gasteiger partial charge is 0.496 e. The number of methoxy groups -OCH3 is 1. The molecule has 0 radical (unpaired) electrons. The first-order valence-electron chi connectivity index (χ1n) is 6.35. The van der Waals surface area contributed by atoms with E-state index in [9.17, 15) is 4.39 Å². The lowest BCUT2D eigenvalue weighted by atomic mass is 9.98. The summed E-state index contributed by atoms with van der Waals surface area (Å²) in [7, 11) is 1.65. The van der Waals surface area contributed by atoms with E-state index in [1.54, 1.807) is 19.2 Å². The molecule has 2 N–H and O–H groups in total. The van der Waals surface area contributed by atoms with Crippen molar-refractivity contribution in [3.05, 3.63) is 63.4 Å². The van der Waals surface area contributed by atoms with Crippen molar-refractivity contribution in [2.45, 2.75) is 19.4 Å². The van der Waals surface area contributed by atoms with E-state index in [0.717, 1.165) is 22.4 Å². The minimum atomic E-state index is -0.261. The van der Waals surface area contributed by atoms with Crippen LogP contribution in [-0.2, 0) is 6.42 Å². The third kappa shape index (κ3) is 3.38. The summed E-state index contributed by atoms with van der Waals surface area (Å²) in [5.41, 5.74) is 9.33. The van der Waals surface area contributed by atoms with Crippen LogP contribution in [-0.4, -0.2) is 7.11 Å². The van der Waals surface area contributed by atoms with E-state index in [1.807, 2.05) is 25.1 Å². The van der Waals surface area contributed by atoms with Crippen LogP contribution in [0.3, 0.4) is 0 Å². The molecule has 20 heavy (non-hydrogen) atoms. The molecule has 4 heteroatoms. The molecular formula is C16H17BrFNO. The molecule has 0 spiro atoms. The summed E-state index contributed by atoms with van der Waals surface area (Å²) >= 11 is 3.19. The van der Waals surface area contributed by atoms with E-state index in [0.29, 0.717) is 10.9 Å². The Morgan fingerprint density at radius 1 is 1.25 bits per heavy atom. The van der Waals surface area contributed by atoms with Gasteiger partial charge in [-0.05, 0) is 64.2 Å². The van der Waals surface area contributed by atoms with Crippen LogP contribution < -0.4 is 10.5 Å². The molecule has 0 amide bonds. The molecule has 1 unspecified atom stereocenters. The van der Waals surface area contributed by atoms with Crippen LogP contribution in [0, 0.1) is 12.7 Å². The quantitative estimate of drug-likeness (QED) is 0.909. The fraction of sp³-hybridized carbons (Fsp3) is 0.250. The molecule has 0 aliphatic heterocycles. The van der Waals surface area contributed by atoms with Gasteiger partial charge in [0.15, 0.2) is 0 Å². The number of halogens is 2. The summed E-state index contributed by atoms with van der Waals surface area (Å²) in [4.78, 5) is 0. The van der Waals surface area contributed by atoms with E-state index in [1.165, 1.54) is 6.07 Å². The zero-order valence-corrected chi connectivity index (χ0v) is 13.1. The number of hydrogen-bond acceptors (Lipinski definition) is 2. The Hall–Kier alpha value is -1.39. The lowest BCUT2D eigenvalue weighted by Crippen LogP contribution is -2.13. The highest BCUT2D eigenvalue weighted by atomic mass is 79.9. The van der Waals surface area contributed by atoms with Crippen molar-refractivity contribution in [1.29, 1.82) is 0 Å². The van der Waals surface area contributed by atoms with Gasteiger partial charge in [-0.3, -0.25) is 0 Å². The smallest absolute Gasteiger partial charge is 0.137 e. The standard InChI is InChI=1S/C16H17BrFNO/c1-10-7-12(4-6-16(10)20-2)15(19)9-11-3-5-14(18)13(17)8-11/h3-8,15H,9,19H2,1-2H3.